The number of benzene rings is 3. The van der Waals surface area contributed by atoms with E-state index >= 15 is 0 Å². The number of nitrogens with one attached hydrogen (secondary N) is 2. The van der Waals surface area contributed by atoms with E-state index in [1.165, 1.54) is 36.5 Å². The normalized spacial score (nSPS) is 10.6. The lowest BCUT2D eigenvalue weighted by atomic mass is 10.2. The first-order chi connectivity index (χ1) is 17.4. The van der Waals surface area contributed by atoms with Gasteiger partial charge in [0.05, 0.1) is 12.7 Å². The molecule has 0 aliphatic carbocycles. The van der Waals surface area contributed by atoms with Crippen molar-refractivity contribution in [3.8, 4) is 17.2 Å². The minimum absolute atomic E-state index is 0.0549. The zero-order valence-corrected chi connectivity index (χ0v) is 19.4. The van der Waals surface area contributed by atoms with Crippen molar-refractivity contribution in [3.63, 3.8) is 0 Å². The number of methoxy groups -OCH3 is 1. The molecule has 0 atom stereocenters. The van der Waals surface area contributed by atoms with E-state index in [-0.39, 0.29) is 22.8 Å². The lowest BCUT2D eigenvalue weighted by Gasteiger charge is -2.15. The molecule has 4 N–H and O–H groups in total. The zero-order valence-electron chi connectivity index (χ0n) is 19.4. The van der Waals surface area contributed by atoms with Gasteiger partial charge in [-0.15, -0.1) is 0 Å². The largest absolute Gasteiger partial charge is 0.497 e. The minimum atomic E-state index is -0.695. The van der Waals surface area contributed by atoms with Gasteiger partial charge in [0, 0.05) is 36.6 Å². The summed E-state index contributed by atoms with van der Waals surface area (Å²) in [7, 11) is 1.61. The molecular weight excluding hydrogens is 466 g/mol. The van der Waals surface area contributed by atoms with Crippen LogP contribution in [-0.4, -0.2) is 18.0 Å². The molecule has 1 amide bonds. The molecule has 0 unspecified atom stereocenters. The molecule has 1 aromatic heterocycles. The van der Waals surface area contributed by atoms with E-state index in [4.69, 9.17) is 15.2 Å². The summed E-state index contributed by atoms with van der Waals surface area (Å²) in [5.74, 6) is -0.472. The van der Waals surface area contributed by atoms with E-state index in [2.05, 4.69) is 15.6 Å². The fourth-order valence-electron chi connectivity index (χ4n) is 3.45. The highest BCUT2D eigenvalue weighted by atomic mass is 19.1. The molecule has 7 nitrogen and oxygen atoms in total. The predicted octanol–water partition coefficient (Wildman–Crippen LogP) is 5.29. The Hall–Kier alpha value is -4.50. The third-order valence-electron chi connectivity index (χ3n) is 5.33. The van der Waals surface area contributed by atoms with E-state index < -0.39 is 17.5 Å². The smallest absolute Gasteiger partial charge is 0.255 e. The zero-order chi connectivity index (χ0) is 25.5. The molecule has 0 spiro atoms. The second kappa shape index (κ2) is 11.3. The molecule has 0 aliphatic rings. The molecule has 3 aromatic carbocycles. The van der Waals surface area contributed by atoms with Gasteiger partial charge in [0.1, 0.15) is 23.1 Å². The highest BCUT2D eigenvalue weighted by Gasteiger charge is 2.14. The minimum Gasteiger partial charge on any atom is -0.497 e. The SMILES string of the molecule is COc1ccc(CNCc2c(Oc3ccc(NC(=O)c4cccc(F)c4)cc3F)ccnc2N)cc1. The van der Waals surface area contributed by atoms with Crippen LogP contribution in [0.1, 0.15) is 21.5 Å². The summed E-state index contributed by atoms with van der Waals surface area (Å²) in [5, 5.41) is 5.82. The Kier molecular flexibility index (Phi) is 7.72. The van der Waals surface area contributed by atoms with Gasteiger partial charge in [0.2, 0.25) is 0 Å². The molecule has 0 saturated carbocycles. The third-order valence-corrected chi connectivity index (χ3v) is 5.33. The number of nitrogens with two attached hydrogens (primary N) is 1. The van der Waals surface area contributed by atoms with Crippen molar-refractivity contribution in [1.82, 2.24) is 10.3 Å². The van der Waals surface area contributed by atoms with Crippen LogP contribution in [0.4, 0.5) is 20.3 Å². The molecule has 0 bridgehead atoms. The standard InChI is InChI=1S/C27H24F2N4O3/c1-35-21-8-5-17(6-9-21)15-31-16-22-24(11-12-32-26(22)30)36-25-10-7-20(14-23(25)29)33-27(34)18-3-2-4-19(28)13-18/h2-14,31H,15-16H2,1H3,(H2,30,32)(H,33,34). The van der Waals surface area contributed by atoms with Crippen LogP contribution in [-0.2, 0) is 13.1 Å². The van der Waals surface area contributed by atoms with Gasteiger partial charge in [-0.1, -0.05) is 18.2 Å². The van der Waals surface area contributed by atoms with E-state index in [0.29, 0.717) is 24.4 Å². The van der Waals surface area contributed by atoms with Crippen LogP contribution in [0.2, 0.25) is 0 Å². The first-order valence-corrected chi connectivity index (χ1v) is 11.0. The Morgan fingerprint density at radius 3 is 2.50 bits per heavy atom. The summed E-state index contributed by atoms with van der Waals surface area (Å²) in [6.07, 6.45) is 1.48. The molecule has 36 heavy (non-hydrogen) atoms. The molecule has 4 aromatic rings. The van der Waals surface area contributed by atoms with E-state index in [9.17, 15) is 13.6 Å². The van der Waals surface area contributed by atoms with E-state index in [1.54, 1.807) is 13.2 Å². The molecule has 1 heterocycles. The molecular formula is C27H24F2N4O3. The van der Waals surface area contributed by atoms with Crippen LogP contribution in [0.3, 0.4) is 0 Å². The number of amides is 1. The van der Waals surface area contributed by atoms with Gasteiger partial charge in [0.15, 0.2) is 11.6 Å². The van der Waals surface area contributed by atoms with Gasteiger partial charge in [-0.3, -0.25) is 4.79 Å². The maximum Gasteiger partial charge on any atom is 0.255 e. The van der Waals surface area contributed by atoms with Crippen LogP contribution in [0.5, 0.6) is 17.2 Å². The summed E-state index contributed by atoms with van der Waals surface area (Å²) in [6, 6.07) is 18.4. The third kappa shape index (κ3) is 6.13. The summed E-state index contributed by atoms with van der Waals surface area (Å²) < 4.78 is 39.1. The van der Waals surface area contributed by atoms with Gasteiger partial charge in [-0.2, -0.15) is 0 Å². The molecule has 4 rings (SSSR count). The summed E-state index contributed by atoms with van der Waals surface area (Å²) in [5.41, 5.74) is 8.00. The number of carbonyl (C=O) groups is 1. The van der Waals surface area contributed by atoms with Gasteiger partial charge < -0.3 is 25.8 Å². The monoisotopic (exact) mass is 490 g/mol. The van der Waals surface area contributed by atoms with Crippen LogP contribution in [0, 0.1) is 11.6 Å². The number of aromatic nitrogens is 1. The summed E-state index contributed by atoms with van der Waals surface area (Å²) in [6.45, 7) is 0.899. The van der Waals surface area contributed by atoms with Crippen LogP contribution < -0.4 is 25.8 Å². The quantitative estimate of drug-likeness (QED) is 0.295. The molecule has 0 radical (unpaired) electrons. The van der Waals surface area contributed by atoms with Crippen molar-refractivity contribution in [2.45, 2.75) is 13.1 Å². The van der Waals surface area contributed by atoms with Crippen molar-refractivity contribution in [1.29, 1.82) is 0 Å². The van der Waals surface area contributed by atoms with Gasteiger partial charge in [-0.25, -0.2) is 13.8 Å². The van der Waals surface area contributed by atoms with Crippen molar-refractivity contribution in [2.24, 2.45) is 0 Å². The van der Waals surface area contributed by atoms with Crippen LogP contribution in [0.15, 0.2) is 79.0 Å². The number of carbonyl (C=O) groups excluding carboxylic acids is 1. The second-order valence-corrected chi connectivity index (χ2v) is 7.84. The number of rotatable bonds is 9. The Labute approximate surface area is 206 Å². The van der Waals surface area contributed by atoms with Crippen molar-refractivity contribution >= 4 is 17.4 Å². The predicted molar refractivity (Wildman–Crippen MR) is 133 cm³/mol. The fourth-order valence-corrected chi connectivity index (χ4v) is 3.45. The average Bonchev–Trinajstić information content (AvgIpc) is 2.87. The molecule has 0 saturated heterocycles. The van der Waals surface area contributed by atoms with Crippen molar-refractivity contribution in [3.05, 3.63) is 107 Å². The number of halogens is 2. The topological polar surface area (TPSA) is 98.5 Å². The Bertz CT molecular complexity index is 1360. The Balaban J connectivity index is 1.43. The first kappa shape index (κ1) is 24.6. The molecule has 0 aliphatic heterocycles. The number of ether oxygens (including phenoxy) is 2. The Morgan fingerprint density at radius 1 is 0.972 bits per heavy atom. The average molecular weight is 491 g/mol. The number of anilines is 2. The number of nitrogens with zero attached hydrogens (tertiary/aromatic N) is 1. The van der Waals surface area contributed by atoms with Gasteiger partial charge in [-0.05, 0) is 54.1 Å². The van der Waals surface area contributed by atoms with Gasteiger partial charge >= 0.3 is 0 Å². The molecule has 0 fully saturated rings. The number of hydrogen-bond donors (Lipinski definition) is 3. The number of nitrogen functional groups attached to an aromatic ring is 1. The Morgan fingerprint density at radius 2 is 1.78 bits per heavy atom. The fraction of sp³-hybridized carbons (Fsp3) is 0.111. The molecule has 9 heteroatoms. The highest BCUT2D eigenvalue weighted by Crippen LogP contribution is 2.31. The lowest BCUT2D eigenvalue weighted by Crippen LogP contribution is -2.15. The van der Waals surface area contributed by atoms with Gasteiger partial charge in [0.25, 0.3) is 5.91 Å². The second-order valence-electron chi connectivity index (χ2n) is 7.84. The lowest BCUT2D eigenvalue weighted by molar-refractivity contribution is 0.102. The van der Waals surface area contributed by atoms with Crippen molar-refractivity contribution in [2.75, 3.05) is 18.2 Å². The van der Waals surface area contributed by atoms with Crippen molar-refractivity contribution < 1.29 is 23.0 Å². The number of pyridine rings is 1. The van der Waals surface area contributed by atoms with Crippen LogP contribution >= 0.6 is 0 Å². The first-order valence-electron chi connectivity index (χ1n) is 11.0. The maximum atomic E-state index is 14.8. The summed E-state index contributed by atoms with van der Waals surface area (Å²) in [4.78, 5) is 16.4. The van der Waals surface area contributed by atoms with Crippen LogP contribution in [0.25, 0.3) is 0 Å². The highest BCUT2D eigenvalue weighted by molar-refractivity contribution is 6.04. The number of hydrogen-bond acceptors (Lipinski definition) is 6. The molecule has 184 valence electrons. The van der Waals surface area contributed by atoms with E-state index in [0.717, 1.165) is 23.4 Å². The summed E-state index contributed by atoms with van der Waals surface area (Å²) >= 11 is 0. The maximum absolute atomic E-state index is 14.8. The van der Waals surface area contributed by atoms with E-state index in [1.807, 2.05) is 24.3 Å².